The minimum atomic E-state index is -0.452. The fraction of sp³-hybridized carbons (Fsp3) is 0.333. The summed E-state index contributed by atoms with van der Waals surface area (Å²) in [6.07, 6.45) is 1.94. The molecule has 2 rings (SSSR count). The van der Waals surface area contributed by atoms with Gasteiger partial charge in [0.1, 0.15) is 5.82 Å². The molecule has 0 spiro atoms. The third-order valence-corrected chi connectivity index (χ3v) is 2.97. The van der Waals surface area contributed by atoms with Gasteiger partial charge in [0.15, 0.2) is 0 Å². The van der Waals surface area contributed by atoms with E-state index in [1.54, 1.807) is 6.20 Å². The molecule has 1 atom stereocenters. The van der Waals surface area contributed by atoms with E-state index in [4.69, 9.17) is 0 Å². The number of rotatable bonds is 5. The van der Waals surface area contributed by atoms with Crippen LogP contribution in [0.15, 0.2) is 36.5 Å². The SMILES string of the molecule is Cc1cnc(C)c(NCC[C@@H](O)c2ccccc2)n1. The van der Waals surface area contributed by atoms with Crippen molar-refractivity contribution in [3.8, 4) is 0 Å². The maximum absolute atomic E-state index is 10.0. The van der Waals surface area contributed by atoms with Crippen molar-refractivity contribution in [2.75, 3.05) is 11.9 Å². The van der Waals surface area contributed by atoms with Gasteiger partial charge in [-0.05, 0) is 25.8 Å². The Morgan fingerprint density at radius 3 is 2.68 bits per heavy atom. The summed E-state index contributed by atoms with van der Waals surface area (Å²) in [4.78, 5) is 8.63. The van der Waals surface area contributed by atoms with Gasteiger partial charge in [-0.2, -0.15) is 0 Å². The number of benzene rings is 1. The van der Waals surface area contributed by atoms with Crippen LogP contribution in [0.1, 0.15) is 29.5 Å². The Kier molecular flexibility index (Phi) is 4.47. The Bertz CT molecular complexity index is 528. The first-order valence-corrected chi connectivity index (χ1v) is 6.44. The molecule has 0 saturated carbocycles. The number of anilines is 1. The molecule has 0 aliphatic rings. The van der Waals surface area contributed by atoms with E-state index in [0.717, 1.165) is 22.8 Å². The molecule has 2 N–H and O–H groups in total. The molecule has 1 aromatic carbocycles. The highest BCUT2D eigenvalue weighted by atomic mass is 16.3. The number of hydrogen-bond acceptors (Lipinski definition) is 4. The molecule has 0 fully saturated rings. The zero-order valence-electron chi connectivity index (χ0n) is 11.3. The van der Waals surface area contributed by atoms with Crippen molar-refractivity contribution in [2.45, 2.75) is 26.4 Å². The highest BCUT2D eigenvalue weighted by Crippen LogP contribution is 2.16. The second-order valence-electron chi connectivity index (χ2n) is 4.59. The maximum atomic E-state index is 10.0. The Balaban J connectivity index is 1.88. The van der Waals surface area contributed by atoms with Gasteiger partial charge < -0.3 is 10.4 Å². The molecule has 0 saturated heterocycles. The van der Waals surface area contributed by atoms with Crippen molar-refractivity contribution in [1.82, 2.24) is 9.97 Å². The lowest BCUT2D eigenvalue weighted by Crippen LogP contribution is -2.10. The van der Waals surface area contributed by atoms with Crippen LogP contribution < -0.4 is 5.32 Å². The second kappa shape index (κ2) is 6.29. The third-order valence-electron chi connectivity index (χ3n) is 2.97. The van der Waals surface area contributed by atoms with Gasteiger partial charge in [-0.3, -0.25) is 4.98 Å². The van der Waals surface area contributed by atoms with E-state index in [1.165, 1.54) is 0 Å². The maximum Gasteiger partial charge on any atom is 0.147 e. The van der Waals surface area contributed by atoms with Crippen LogP contribution in [0, 0.1) is 13.8 Å². The average Bonchev–Trinajstić information content (AvgIpc) is 2.43. The number of aryl methyl sites for hydroxylation is 2. The largest absolute Gasteiger partial charge is 0.388 e. The molecule has 0 radical (unpaired) electrons. The summed E-state index contributed by atoms with van der Waals surface area (Å²) in [5.41, 5.74) is 2.70. The number of aliphatic hydroxyl groups is 1. The van der Waals surface area contributed by atoms with Gasteiger partial charge in [0, 0.05) is 12.7 Å². The van der Waals surface area contributed by atoms with E-state index >= 15 is 0 Å². The van der Waals surface area contributed by atoms with Crippen LogP contribution in [0.5, 0.6) is 0 Å². The van der Waals surface area contributed by atoms with Crippen LogP contribution in [-0.4, -0.2) is 21.6 Å². The lowest BCUT2D eigenvalue weighted by Gasteiger charge is -2.13. The van der Waals surface area contributed by atoms with Crippen molar-refractivity contribution in [1.29, 1.82) is 0 Å². The molecular weight excluding hydrogens is 238 g/mol. The monoisotopic (exact) mass is 257 g/mol. The molecule has 100 valence electrons. The Labute approximate surface area is 113 Å². The van der Waals surface area contributed by atoms with Gasteiger partial charge in [0.2, 0.25) is 0 Å². The molecule has 1 aromatic heterocycles. The minimum Gasteiger partial charge on any atom is -0.388 e. The molecule has 4 heteroatoms. The summed E-state index contributed by atoms with van der Waals surface area (Å²) in [6.45, 7) is 4.49. The molecule has 19 heavy (non-hydrogen) atoms. The van der Waals surface area contributed by atoms with E-state index in [9.17, 15) is 5.11 Å². The summed E-state index contributed by atoms with van der Waals surface area (Å²) < 4.78 is 0. The van der Waals surface area contributed by atoms with E-state index < -0.39 is 6.10 Å². The van der Waals surface area contributed by atoms with Crippen LogP contribution in [0.25, 0.3) is 0 Å². The second-order valence-corrected chi connectivity index (χ2v) is 4.59. The number of aliphatic hydroxyl groups excluding tert-OH is 1. The minimum absolute atomic E-state index is 0.452. The summed E-state index contributed by atoms with van der Waals surface area (Å²) in [6, 6.07) is 9.68. The third kappa shape index (κ3) is 3.76. The number of aromatic nitrogens is 2. The summed E-state index contributed by atoms with van der Waals surface area (Å²) in [7, 11) is 0. The first-order chi connectivity index (χ1) is 9.16. The van der Waals surface area contributed by atoms with E-state index in [1.807, 2.05) is 44.2 Å². The highest BCUT2D eigenvalue weighted by molar-refractivity contribution is 5.39. The Morgan fingerprint density at radius 2 is 1.95 bits per heavy atom. The van der Waals surface area contributed by atoms with E-state index in [0.29, 0.717) is 13.0 Å². The average molecular weight is 257 g/mol. The van der Waals surface area contributed by atoms with Gasteiger partial charge in [0.05, 0.1) is 17.5 Å². The number of nitrogens with zero attached hydrogens (tertiary/aromatic N) is 2. The standard InChI is InChI=1S/C15H19N3O/c1-11-10-17-12(2)15(18-11)16-9-8-14(19)13-6-4-3-5-7-13/h3-7,10,14,19H,8-9H2,1-2H3,(H,16,18)/t14-/m1/s1. The zero-order chi connectivity index (χ0) is 13.7. The van der Waals surface area contributed by atoms with Gasteiger partial charge >= 0.3 is 0 Å². The van der Waals surface area contributed by atoms with Crippen LogP contribution >= 0.6 is 0 Å². The van der Waals surface area contributed by atoms with Crippen LogP contribution in [0.3, 0.4) is 0 Å². The van der Waals surface area contributed by atoms with Crippen LogP contribution in [0.2, 0.25) is 0 Å². The van der Waals surface area contributed by atoms with Gasteiger partial charge in [-0.1, -0.05) is 30.3 Å². The zero-order valence-corrected chi connectivity index (χ0v) is 11.3. The predicted octanol–water partition coefficient (Wildman–Crippen LogP) is 2.63. The smallest absolute Gasteiger partial charge is 0.147 e. The molecular formula is C15H19N3O. The fourth-order valence-corrected chi connectivity index (χ4v) is 1.87. The summed E-state index contributed by atoms with van der Waals surface area (Å²) in [5.74, 6) is 0.792. The predicted molar refractivity (Wildman–Crippen MR) is 76.0 cm³/mol. The summed E-state index contributed by atoms with van der Waals surface area (Å²) in [5, 5.41) is 13.3. The first-order valence-electron chi connectivity index (χ1n) is 6.44. The Morgan fingerprint density at radius 1 is 1.21 bits per heavy atom. The van der Waals surface area contributed by atoms with Crippen LogP contribution in [0.4, 0.5) is 5.82 Å². The van der Waals surface area contributed by atoms with Crippen molar-refractivity contribution < 1.29 is 5.11 Å². The lowest BCUT2D eigenvalue weighted by atomic mass is 10.1. The normalized spacial score (nSPS) is 12.2. The van der Waals surface area contributed by atoms with E-state index in [2.05, 4.69) is 15.3 Å². The number of nitrogens with one attached hydrogen (secondary N) is 1. The van der Waals surface area contributed by atoms with Crippen molar-refractivity contribution in [3.05, 3.63) is 53.5 Å². The Hall–Kier alpha value is -1.94. The van der Waals surface area contributed by atoms with Gasteiger partial charge in [-0.25, -0.2) is 4.98 Å². The van der Waals surface area contributed by atoms with Crippen LogP contribution in [-0.2, 0) is 0 Å². The molecule has 0 aliphatic heterocycles. The van der Waals surface area contributed by atoms with Crippen molar-refractivity contribution >= 4 is 5.82 Å². The molecule has 2 aromatic rings. The topological polar surface area (TPSA) is 58.0 Å². The molecule has 1 heterocycles. The quantitative estimate of drug-likeness (QED) is 0.864. The molecule has 0 aliphatic carbocycles. The first kappa shape index (κ1) is 13.5. The van der Waals surface area contributed by atoms with Gasteiger partial charge in [0.25, 0.3) is 0 Å². The molecule has 4 nitrogen and oxygen atoms in total. The number of hydrogen-bond donors (Lipinski definition) is 2. The van der Waals surface area contributed by atoms with Crippen molar-refractivity contribution in [2.24, 2.45) is 0 Å². The molecule has 0 unspecified atom stereocenters. The molecule has 0 amide bonds. The lowest BCUT2D eigenvalue weighted by molar-refractivity contribution is 0.171. The van der Waals surface area contributed by atoms with E-state index in [-0.39, 0.29) is 0 Å². The highest BCUT2D eigenvalue weighted by Gasteiger charge is 2.07. The van der Waals surface area contributed by atoms with Gasteiger partial charge in [-0.15, -0.1) is 0 Å². The molecule has 0 bridgehead atoms. The fourth-order valence-electron chi connectivity index (χ4n) is 1.87. The summed E-state index contributed by atoms with van der Waals surface area (Å²) >= 11 is 0. The van der Waals surface area contributed by atoms with Crippen molar-refractivity contribution in [3.63, 3.8) is 0 Å².